The number of rotatable bonds is 5. The summed E-state index contributed by atoms with van der Waals surface area (Å²) in [4.78, 5) is 14.4. The normalized spacial score (nSPS) is 16.8. The molecule has 24 heavy (non-hydrogen) atoms. The number of hydrogen-bond acceptors (Lipinski definition) is 3. The Morgan fingerprint density at radius 1 is 1.04 bits per heavy atom. The van der Waals surface area contributed by atoms with Crippen LogP contribution < -0.4 is 5.73 Å². The molecular weight excluding hydrogens is 300 g/mol. The molecule has 3 rings (SSSR count). The van der Waals surface area contributed by atoms with Crippen molar-refractivity contribution in [2.24, 2.45) is 5.73 Å². The van der Waals surface area contributed by atoms with E-state index in [4.69, 9.17) is 10.5 Å². The van der Waals surface area contributed by atoms with Crippen molar-refractivity contribution < 1.29 is 9.53 Å². The monoisotopic (exact) mass is 324 g/mol. The van der Waals surface area contributed by atoms with Crippen LogP contribution in [0, 0.1) is 0 Å². The van der Waals surface area contributed by atoms with Crippen LogP contribution in [0.15, 0.2) is 60.7 Å². The molecule has 0 radical (unpaired) electrons. The van der Waals surface area contributed by atoms with Crippen LogP contribution in [0.4, 0.5) is 0 Å². The molecule has 1 saturated heterocycles. The first-order valence-corrected chi connectivity index (χ1v) is 8.49. The number of amides is 1. The minimum absolute atomic E-state index is 0.00251. The molecule has 1 aliphatic heterocycles. The smallest absolute Gasteiger partial charge is 0.244 e. The molecule has 1 amide bonds. The van der Waals surface area contributed by atoms with E-state index in [2.05, 4.69) is 12.1 Å². The number of piperidine rings is 1. The lowest BCUT2D eigenvalue weighted by molar-refractivity contribution is -0.135. The van der Waals surface area contributed by atoms with Crippen LogP contribution >= 0.6 is 0 Å². The molecule has 4 heteroatoms. The van der Waals surface area contributed by atoms with Crippen molar-refractivity contribution in [2.75, 3.05) is 13.1 Å². The number of carbonyl (C=O) groups excluding carboxylic acids is 1. The van der Waals surface area contributed by atoms with Crippen molar-refractivity contribution >= 4 is 5.91 Å². The minimum atomic E-state index is -0.576. The zero-order chi connectivity index (χ0) is 16.8. The number of benzene rings is 2. The van der Waals surface area contributed by atoms with Crippen LogP contribution in [0.1, 0.15) is 30.0 Å². The standard InChI is InChI=1S/C20H24N2O2/c21-19(17-9-5-2-6-10-17)20(23)22-13-11-18(12-14-22)24-15-16-7-3-1-4-8-16/h1-10,18-19H,11-15,21H2/t19-/m0/s1. The second kappa shape index (κ2) is 8.08. The highest BCUT2D eigenvalue weighted by Crippen LogP contribution is 2.19. The van der Waals surface area contributed by atoms with Crippen LogP contribution in [-0.4, -0.2) is 30.0 Å². The van der Waals surface area contributed by atoms with E-state index in [0.29, 0.717) is 19.7 Å². The van der Waals surface area contributed by atoms with Gasteiger partial charge < -0.3 is 15.4 Å². The topological polar surface area (TPSA) is 55.6 Å². The van der Waals surface area contributed by atoms with Gasteiger partial charge in [-0.05, 0) is 24.0 Å². The number of carbonyl (C=O) groups is 1. The van der Waals surface area contributed by atoms with Crippen molar-refractivity contribution in [1.29, 1.82) is 0 Å². The van der Waals surface area contributed by atoms with Gasteiger partial charge in [0.1, 0.15) is 6.04 Å². The molecule has 2 aromatic rings. The lowest BCUT2D eigenvalue weighted by atomic mass is 10.0. The third-order valence-corrected chi connectivity index (χ3v) is 4.51. The van der Waals surface area contributed by atoms with Crippen molar-refractivity contribution in [2.45, 2.75) is 31.6 Å². The predicted octanol–water partition coefficient (Wildman–Crippen LogP) is 2.89. The first-order chi connectivity index (χ1) is 11.7. The lowest BCUT2D eigenvalue weighted by Gasteiger charge is -2.33. The molecule has 0 saturated carbocycles. The SMILES string of the molecule is N[C@H](C(=O)N1CCC(OCc2ccccc2)CC1)c1ccccc1. The lowest BCUT2D eigenvalue weighted by Crippen LogP contribution is -2.44. The summed E-state index contributed by atoms with van der Waals surface area (Å²) in [6.45, 7) is 2.04. The van der Waals surface area contributed by atoms with Gasteiger partial charge in [-0.3, -0.25) is 4.79 Å². The molecule has 2 N–H and O–H groups in total. The molecule has 0 unspecified atom stereocenters. The van der Waals surface area contributed by atoms with Crippen molar-refractivity contribution in [3.8, 4) is 0 Å². The van der Waals surface area contributed by atoms with Gasteiger partial charge in [0, 0.05) is 13.1 Å². The summed E-state index contributed by atoms with van der Waals surface area (Å²) in [6, 6.07) is 19.1. The summed E-state index contributed by atoms with van der Waals surface area (Å²) in [5.41, 5.74) is 8.16. The van der Waals surface area contributed by atoms with Gasteiger partial charge in [0.2, 0.25) is 5.91 Å². The summed E-state index contributed by atoms with van der Waals surface area (Å²) >= 11 is 0. The second-order valence-corrected chi connectivity index (χ2v) is 6.21. The first-order valence-electron chi connectivity index (χ1n) is 8.49. The average Bonchev–Trinajstić information content (AvgIpc) is 2.67. The summed E-state index contributed by atoms with van der Waals surface area (Å²) < 4.78 is 5.97. The highest BCUT2D eigenvalue weighted by atomic mass is 16.5. The largest absolute Gasteiger partial charge is 0.373 e. The molecular formula is C20H24N2O2. The molecule has 0 aliphatic carbocycles. The van der Waals surface area contributed by atoms with Gasteiger partial charge in [-0.2, -0.15) is 0 Å². The van der Waals surface area contributed by atoms with E-state index in [1.54, 1.807) is 0 Å². The maximum absolute atomic E-state index is 12.5. The first kappa shape index (κ1) is 16.7. The van der Waals surface area contributed by atoms with E-state index >= 15 is 0 Å². The minimum Gasteiger partial charge on any atom is -0.373 e. The maximum Gasteiger partial charge on any atom is 0.244 e. The van der Waals surface area contributed by atoms with E-state index in [1.807, 2.05) is 53.4 Å². The zero-order valence-corrected chi connectivity index (χ0v) is 13.8. The van der Waals surface area contributed by atoms with Gasteiger partial charge in [-0.25, -0.2) is 0 Å². The number of likely N-dealkylation sites (tertiary alicyclic amines) is 1. The molecule has 1 aliphatic rings. The quantitative estimate of drug-likeness (QED) is 0.920. The van der Waals surface area contributed by atoms with Crippen LogP contribution in [-0.2, 0) is 16.1 Å². The Hall–Kier alpha value is -2.17. The van der Waals surface area contributed by atoms with E-state index in [0.717, 1.165) is 18.4 Å². The van der Waals surface area contributed by atoms with Crippen LogP contribution in [0.2, 0.25) is 0 Å². The molecule has 1 heterocycles. The van der Waals surface area contributed by atoms with E-state index in [1.165, 1.54) is 5.56 Å². The molecule has 2 aromatic carbocycles. The fourth-order valence-corrected chi connectivity index (χ4v) is 3.03. The Morgan fingerprint density at radius 3 is 2.25 bits per heavy atom. The summed E-state index contributed by atoms with van der Waals surface area (Å²) in [7, 11) is 0. The maximum atomic E-state index is 12.5. The zero-order valence-electron chi connectivity index (χ0n) is 13.8. The van der Waals surface area contributed by atoms with Crippen molar-refractivity contribution in [1.82, 2.24) is 4.90 Å². The number of nitrogens with zero attached hydrogens (tertiary/aromatic N) is 1. The summed E-state index contributed by atoms with van der Waals surface area (Å²) in [6.07, 6.45) is 1.93. The molecule has 4 nitrogen and oxygen atoms in total. The number of nitrogens with two attached hydrogens (primary N) is 1. The average molecular weight is 324 g/mol. The highest BCUT2D eigenvalue weighted by Gasteiger charge is 2.27. The van der Waals surface area contributed by atoms with Gasteiger partial charge in [-0.15, -0.1) is 0 Å². The van der Waals surface area contributed by atoms with Gasteiger partial charge in [0.25, 0.3) is 0 Å². The van der Waals surface area contributed by atoms with Gasteiger partial charge >= 0.3 is 0 Å². The number of ether oxygens (including phenoxy) is 1. The summed E-state index contributed by atoms with van der Waals surface area (Å²) in [5, 5.41) is 0. The Bertz CT molecular complexity index is 637. The van der Waals surface area contributed by atoms with Crippen molar-refractivity contribution in [3.63, 3.8) is 0 Å². The Kier molecular flexibility index (Phi) is 5.62. The molecule has 126 valence electrons. The van der Waals surface area contributed by atoms with E-state index < -0.39 is 6.04 Å². The Morgan fingerprint density at radius 2 is 1.62 bits per heavy atom. The van der Waals surface area contributed by atoms with Crippen molar-refractivity contribution in [3.05, 3.63) is 71.8 Å². The van der Waals surface area contributed by atoms with Gasteiger partial charge in [0.05, 0.1) is 12.7 Å². The summed E-state index contributed by atoms with van der Waals surface area (Å²) in [5.74, 6) is 0.00251. The fraction of sp³-hybridized carbons (Fsp3) is 0.350. The highest BCUT2D eigenvalue weighted by molar-refractivity contribution is 5.83. The predicted molar refractivity (Wildman–Crippen MR) is 94.2 cm³/mol. The van der Waals surface area contributed by atoms with Crippen LogP contribution in [0.25, 0.3) is 0 Å². The van der Waals surface area contributed by atoms with E-state index in [-0.39, 0.29) is 12.0 Å². The fourth-order valence-electron chi connectivity index (χ4n) is 3.03. The van der Waals surface area contributed by atoms with E-state index in [9.17, 15) is 4.79 Å². The Labute approximate surface area is 143 Å². The molecule has 0 spiro atoms. The van der Waals surface area contributed by atoms with Gasteiger partial charge in [0.15, 0.2) is 0 Å². The van der Waals surface area contributed by atoms with Gasteiger partial charge in [-0.1, -0.05) is 60.7 Å². The molecule has 1 fully saturated rings. The third-order valence-electron chi connectivity index (χ3n) is 4.51. The molecule has 0 bridgehead atoms. The number of hydrogen-bond donors (Lipinski definition) is 1. The second-order valence-electron chi connectivity index (χ2n) is 6.21. The van der Waals surface area contributed by atoms with Crippen LogP contribution in [0.5, 0.6) is 0 Å². The Balaban J connectivity index is 1.47. The molecule has 0 aromatic heterocycles. The van der Waals surface area contributed by atoms with Crippen LogP contribution in [0.3, 0.4) is 0 Å². The molecule has 1 atom stereocenters. The third kappa shape index (κ3) is 4.22.